The number of aromatic nitrogens is 2. The van der Waals surface area contributed by atoms with Crippen LogP contribution in [0.25, 0.3) is 0 Å². The minimum absolute atomic E-state index is 0.256. The number of rotatable bonds is 2. The van der Waals surface area contributed by atoms with Gasteiger partial charge in [0.05, 0.1) is 6.34 Å². The number of hydrogen-bond donors (Lipinski definition) is 1. The molecule has 0 spiro atoms. The van der Waals surface area contributed by atoms with Gasteiger partial charge in [-0.1, -0.05) is 0 Å². The van der Waals surface area contributed by atoms with Crippen molar-refractivity contribution in [2.45, 2.75) is 0 Å². The minimum Gasteiger partial charge on any atom is -0.369 e. The highest BCUT2D eigenvalue weighted by molar-refractivity contribution is 5.58. The molecular formula is C8H12N4O2. The Kier molecular flexibility index (Phi) is 2.85. The van der Waals surface area contributed by atoms with Crippen molar-refractivity contribution in [2.24, 2.45) is 12.0 Å². The lowest BCUT2D eigenvalue weighted by Gasteiger charge is -2.02. The number of hydrogen-bond acceptors (Lipinski definition) is 3. The highest BCUT2D eigenvalue weighted by Crippen LogP contribution is 1.97. The van der Waals surface area contributed by atoms with E-state index in [1.807, 2.05) is 0 Å². The van der Waals surface area contributed by atoms with Crippen LogP contribution in [0.4, 0.5) is 5.82 Å². The smallest absolute Gasteiger partial charge is 0.329 e. The Morgan fingerprint density at radius 1 is 1.50 bits per heavy atom. The molecule has 1 heterocycles. The van der Waals surface area contributed by atoms with Gasteiger partial charge in [0.25, 0.3) is 5.56 Å². The van der Waals surface area contributed by atoms with E-state index in [4.69, 9.17) is 0 Å². The molecule has 6 heteroatoms. The largest absolute Gasteiger partial charge is 0.369 e. The first kappa shape index (κ1) is 10.2. The summed E-state index contributed by atoms with van der Waals surface area (Å²) < 4.78 is 0.981. The van der Waals surface area contributed by atoms with E-state index in [-0.39, 0.29) is 11.4 Å². The molecule has 0 atom stereocenters. The molecule has 0 radical (unpaired) electrons. The lowest BCUT2D eigenvalue weighted by Crippen LogP contribution is -2.31. The number of H-pyrrole nitrogens is 1. The van der Waals surface area contributed by atoms with E-state index >= 15 is 0 Å². The van der Waals surface area contributed by atoms with E-state index in [2.05, 4.69) is 9.98 Å². The molecular weight excluding hydrogens is 184 g/mol. The van der Waals surface area contributed by atoms with Crippen LogP contribution in [-0.2, 0) is 7.05 Å². The summed E-state index contributed by atoms with van der Waals surface area (Å²) in [6, 6.07) is 1.27. The molecule has 14 heavy (non-hydrogen) atoms. The van der Waals surface area contributed by atoms with Crippen LogP contribution >= 0.6 is 0 Å². The normalized spacial score (nSPS) is 10.8. The van der Waals surface area contributed by atoms with Crippen molar-refractivity contribution in [1.29, 1.82) is 0 Å². The molecule has 0 amide bonds. The molecule has 1 aromatic heterocycles. The summed E-state index contributed by atoms with van der Waals surface area (Å²) in [4.78, 5) is 30.3. The second-order valence-corrected chi connectivity index (χ2v) is 3.07. The van der Waals surface area contributed by atoms with Gasteiger partial charge < -0.3 is 4.90 Å². The number of nitrogens with one attached hydrogen (secondary N) is 1. The van der Waals surface area contributed by atoms with Crippen molar-refractivity contribution in [2.75, 3.05) is 14.1 Å². The zero-order chi connectivity index (χ0) is 10.7. The molecule has 0 aliphatic carbocycles. The summed E-state index contributed by atoms with van der Waals surface area (Å²) in [5.41, 5.74) is -0.844. The van der Waals surface area contributed by atoms with Crippen LogP contribution in [0.5, 0.6) is 0 Å². The minimum atomic E-state index is -0.469. The maximum absolute atomic E-state index is 11.2. The van der Waals surface area contributed by atoms with Gasteiger partial charge in [0.1, 0.15) is 5.82 Å². The van der Waals surface area contributed by atoms with Crippen molar-refractivity contribution >= 4 is 12.2 Å². The summed E-state index contributed by atoms with van der Waals surface area (Å²) in [6.45, 7) is 0. The molecule has 76 valence electrons. The third-order valence-electron chi connectivity index (χ3n) is 1.56. The lowest BCUT2D eigenvalue weighted by atomic mass is 10.6. The molecule has 1 aromatic rings. The fourth-order valence-corrected chi connectivity index (χ4v) is 0.791. The molecule has 6 nitrogen and oxygen atoms in total. The van der Waals surface area contributed by atoms with E-state index in [1.165, 1.54) is 19.5 Å². The fraction of sp³-hybridized carbons (Fsp3) is 0.375. The van der Waals surface area contributed by atoms with Crippen LogP contribution < -0.4 is 11.2 Å². The molecule has 0 aliphatic heterocycles. The summed E-state index contributed by atoms with van der Waals surface area (Å²) >= 11 is 0. The maximum atomic E-state index is 11.2. The predicted molar refractivity (Wildman–Crippen MR) is 54.1 cm³/mol. The molecule has 0 saturated carbocycles. The highest BCUT2D eigenvalue weighted by atomic mass is 16.2. The van der Waals surface area contributed by atoms with Crippen LogP contribution in [0.1, 0.15) is 0 Å². The first-order valence-corrected chi connectivity index (χ1v) is 4.01. The summed E-state index contributed by atoms with van der Waals surface area (Å²) in [5.74, 6) is 0.256. The fourth-order valence-electron chi connectivity index (χ4n) is 0.791. The predicted octanol–water partition coefficient (Wildman–Crippen LogP) is -0.705. The molecule has 1 N–H and O–H groups in total. The summed E-state index contributed by atoms with van der Waals surface area (Å²) in [5, 5.41) is 0. The molecule has 0 bridgehead atoms. The van der Waals surface area contributed by atoms with Gasteiger partial charge in [0.2, 0.25) is 0 Å². The van der Waals surface area contributed by atoms with E-state index in [0.29, 0.717) is 0 Å². The molecule has 0 saturated heterocycles. The van der Waals surface area contributed by atoms with Crippen LogP contribution in [0.2, 0.25) is 0 Å². The Morgan fingerprint density at radius 3 is 2.64 bits per heavy atom. The molecule has 0 aromatic carbocycles. The quantitative estimate of drug-likeness (QED) is 0.502. The summed E-state index contributed by atoms with van der Waals surface area (Å²) in [6.07, 6.45) is 1.50. The van der Waals surface area contributed by atoms with Crippen molar-refractivity contribution < 1.29 is 0 Å². The average molecular weight is 196 g/mol. The molecule has 0 aliphatic rings. The third kappa shape index (κ3) is 2.32. The standard InChI is InChI=1S/C8H12N4O2/c1-11(2)5-9-6-4-7(13)12(3)8(14)10-6/h4-5H,1-3H3,(H,10,14)/b9-5+. The highest BCUT2D eigenvalue weighted by Gasteiger charge is 1.97. The Morgan fingerprint density at radius 2 is 2.14 bits per heavy atom. The van der Waals surface area contributed by atoms with Crippen molar-refractivity contribution in [3.63, 3.8) is 0 Å². The maximum Gasteiger partial charge on any atom is 0.329 e. The van der Waals surface area contributed by atoms with Gasteiger partial charge in [0, 0.05) is 27.2 Å². The van der Waals surface area contributed by atoms with Gasteiger partial charge in [-0.05, 0) is 0 Å². The van der Waals surface area contributed by atoms with Crippen LogP contribution in [0, 0.1) is 0 Å². The van der Waals surface area contributed by atoms with Gasteiger partial charge in [0.15, 0.2) is 0 Å². The second kappa shape index (κ2) is 3.91. The van der Waals surface area contributed by atoms with Crippen molar-refractivity contribution in [3.05, 3.63) is 26.9 Å². The van der Waals surface area contributed by atoms with Gasteiger partial charge in [-0.25, -0.2) is 9.79 Å². The van der Waals surface area contributed by atoms with Crippen LogP contribution in [0.3, 0.4) is 0 Å². The summed E-state index contributed by atoms with van der Waals surface area (Å²) in [7, 11) is 4.99. The third-order valence-corrected chi connectivity index (χ3v) is 1.56. The average Bonchev–Trinajstić information content (AvgIpc) is 2.10. The topological polar surface area (TPSA) is 70.5 Å². The van der Waals surface area contributed by atoms with Gasteiger partial charge in [-0.2, -0.15) is 0 Å². The van der Waals surface area contributed by atoms with Crippen molar-refractivity contribution in [1.82, 2.24) is 14.5 Å². The zero-order valence-corrected chi connectivity index (χ0v) is 8.31. The van der Waals surface area contributed by atoms with E-state index in [9.17, 15) is 9.59 Å². The van der Waals surface area contributed by atoms with E-state index < -0.39 is 5.69 Å². The molecule has 0 fully saturated rings. The molecule has 0 unspecified atom stereocenters. The Balaban J connectivity index is 3.14. The van der Waals surface area contributed by atoms with Gasteiger partial charge >= 0.3 is 5.69 Å². The zero-order valence-electron chi connectivity index (χ0n) is 8.31. The first-order chi connectivity index (χ1) is 6.50. The monoisotopic (exact) mass is 196 g/mol. The van der Waals surface area contributed by atoms with Crippen molar-refractivity contribution in [3.8, 4) is 0 Å². The SMILES string of the molecule is CN(C)/C=N/c1cc(=O)n(C)c(=O)[nH]1. The Bertz CT molecular complexity index is 424. The first-order valence-electron chi connectivity index (χ1n) is 4.01. The Labute approximate surface area is 80.5 Å². The number of aliphatic imine (C=N–C) groups is 1. The van der Waals surface area contributed by atoms with Crippen LogP contribution in [0.15, 0.2) is 20.6 Å². The van der Waals surface area contributed by atoms with E-state index in [1.54, 1.807) is 19.0 Å². The van der Waals surface area contributed by atoms with Crippen LogP contribution in [-0.4, -0.2) is 34.9 Å². The Hall–Kier alpha value is -1.85. The molecule has 1 rings (SSSR count). The van der Waals surface area contributed by atoms with Gasteiger partial charge in [-0.15, -0.1) is 0 Å². The van der Waals surface area contributed by atoms with Gasteiger partial charge in [-0.3, -0.25) is 14.3 Å². The number of nitrogens with zero attached hydrogens (tertiary/aromatic N) is 3. The number of aromatic amines is 1. The second-order valence-electron chi connectivity index (χ2n) is 3.07. The van der Waals surface area contributed by atoms with E-state index in [0.717, 1.165) is 4.57 Å². The lowest BCUT2D eigenvalue weighted by molar-refractivity contribution is 0.642.